The molecule has 1 fully saturated rings. The summed E-state index contributed by atoms with van der Waals surface area (Å²) in [4.78, 5) is 24.9. The summed E-state index contributed by atoms with van der Waals surface area (Å²) in [5, 5.41) is 11.0. The number of hydrogen-bond acceptors (Lipinski definition) is 6. The van der Waals surface area contributed by atoms with Gasteiger partial charge < -0.3 is 14.3 Å². The molecule has 164 valence electrons. The largest absolute Gasteiger partial charge is 0.480 e. The van der Waals surface area contributed by atoms with E-state index in [1.165, 1.54) is 24.0 Å². The average Bonchev–Trinajstić information content (AvgIpc) is 3.29. The van der Waals surface area contributed by atoms with Crippen LogP contribution in [-0.4, -0.2) is 44.3 Å². The number of sulfonamides is 1. The first-order valence-corrected chi connectivity index (χ1v) is 11.2. The van der Waals surface area contributed by atoms with E-state index < -0.39 is 33.5 Å². The Morgan fingerprint density at radius 2 is 1.81 bits per heavy atom. The van der Waals surface area contributed by atoms with Crippen LogP contribution in [0.15, 0.2) is 45.7 Å². The van der Waals surface area contributed by atoms with Gasteiger partial charge in [-0.2, -0.15) is 4.72 Å². The second kappa shape index (κ2) is 7.24. The number of carbonyl (C=O) groups excluding carboxylic acids is 1. The molecule has 3 aromatic rings. The summed E-state index contributed by atoms with van der Waals surface area (Å²) in [5.74, 6) is -1.74. The van der Waals surface area contributed by atoms with E-state index >= 15 is 0 Å². The van der Waals surface area contributed by atoms with Crippen molar-refractivity contribution in [3.8, 4) is 0 Å². The van der Waals surface area contributed by atoms with Crippen LogP contribution in [0.1, 0.15) is 20.8 Å². The Kier molecular flexibility index (Phi) is 4.94. The molecule has 2 aromatic carbocycles. The second-order valence-corrected chi connectivity index (χ2v) is 9.66. The van der Waals surface area contributed by atoms with Crippen LogP contribution >= 0.6 is 0 Å². The van der Waals surface area contributed by atoms with E-state index in [1.807, 2.05) is 0 Å². The molecule has 1 aliphatic rings. The number of amides is 1. The lowest BCUT2D eigenvalue weighted by molar-refractivity contribution is -0.145. The van der Waals surface area contributed by atoms with E-state index in [4.69, 9.17) is 9.15 Å². The number of hydrogen-bond donors (Lipinski definition) is 2. The van der Waals surface area contributed by atoms with Crippen LogP contribution in [0.5, 0.6) is 0 Å². The maximum absolute atomic E-state index is 12.9. The minimum Gasteiger partial charge on any atom is -0.480 e. The minimum atomic E-state index is -4.13. The van der Waals surface area contributed by atoms with Crippen molar-refractivity contribution in [1.82, 2.24) is 4.72 Å². The molecule has 4 rings (SSSR count). The molecule has 1 saturated heterocycles. The normalized spacial score (nSPS) is 16.8. The van der Waals surface area contributed by atoms with Crippen molar-refractivity contribution >= 4 is 49.7 Å². The second-order valence-electron chi connectivity index (χ2n) is 7.97. The molecular weight excluding hydrogens is 424 g/mol. The highest BCUT2D eigenvalue weighted by Gasteiger charge is 2.41. The molecule has 1 aliphatic heterocycles. The summed E-state index contributed by atoms with van der Waals surface area (Å²) >= 11 is 0. The van der Waals surface area contributed by atoms with E-state index in [2.05, 4.69) is 4.72 Å². The molecule has 9 nitrogen and oxygen atoms in total. The Bertz CT molecular complexity index is 1310. The predicted octanol–water partition coefficient (Wildman–Crippen LogP) is 3.32. The molecule has 0 saturated carbocycles. The molecule has 0 bridgehead atoms. The standard InChI is InChI=1S/C21H22N2O7S/c1-12(2)21(3,19(24)25)22-31(27,28)14-5-7-16-15-6-4-13(23-8-9-29-20(23)26)10-17(15)30-18(16)11-14/h4-7,10-12,22H,8-9H2,1-3H3,(H,24,25)/t21-/m0/s1. The van der Waals surface area contributed by atoms with Gasteiger partial charge in [0.05, 0.1) is 17.1 Å². The maximum atomic E-state index is 12.9. The molecule has 0 aliphatic carbocycles. The summed E-state index contributed by atoms with van der Waals surface area (Å²) < 4.78 is 38.9. The quantitative estimate of drug-likeness (QED) is 0.595. The van der Waals surface area contributed by atoms with E-state index in [9.17, 15) is 23.1 Å². The van der Waals surface area contributed by atoms with Gasteiger partial charge in [-0.1, -0.05) is 13.8 Å². The van der Waals surface area contributed by atoms with Crippen molar-refractivity contribution in [1.29, 1.82) is 0 Å². The molecule has 2 heterocycles. The van der Waals surface area contributed by atoms with Crippen LogP contribution in [0, 0.1) is 5.92 Å². The number of cyclic esters (lactones) is 1. The van der Waals surface area contributed by atoms with E-state index in [-0.39, 0.29) is 4.90 Å². The number of nitrogens with one attached hydrogen (secondary N) is 1. The summed E-state index contributed by atoms with van der Waals surface area (Å²) in [6.07, 6.45) is -0.429. The Balaban J connectivity index is 1.74. The van der Waals surface area contributed by atoms with Crippen molar-refractivity contribution < 1.29 is 32.3 Å². The van der Waals surface area contributed by atoms with Gasteiger partial charge in [0.25, 0.3) is 0 Å². The fourth-order valence-corrected chi connectivity index (χ4v) is 4.96. The molecule has 2 N–H and O–H groups in total. The van der Waals surface area contributed by atoms with E-state index in [1.54, 1.807) is 38.1 Å². The van der Waals surface area contributed by atoms with Gasteiger partial charge in [-0.3, -0.25) is 9.69 Å². The van der Waals surface area contributed by atoms with Gasteiger partial charge in [0.15, 0.2) is 0 Å². The van der Waals surface area contributed by atoms with Crippen LogP contribution in [0.4, 0.5) is 10.5 Å². The lowest BCUT2D eigenvalue weighted by Gasteiger charge is -2.29. The van der Waals surface area contributed by atoms with Crippen molar-refractivity contribution in [3.63, 3.8) is 0 Å². The zero-order chi connectivity index (χ0) is 22.6. The molecule has 1 amide bonds. The third kappa shape index (κ3) is 3.51. The number of ether oxygens (including phenoxy) is 1. The fourth-order valence-electron chi connectivity index (χ4n) is 3.46. The van der Waals surface area contributed by atoms with E-state index in [0.29, 0.717) is 35.4 Å². The molecule has 10 heteroatoms. The van der Waals surface area contributed by atoms with Crippen LogP contribution in [0.25, 0.3) is 21.9 Å². The Labute approximate surface area is 178 Å². The summed E-state index contributed by atoms with van der Waals surface area (Å²) in [6.45, 7) is 5.36. The minimum absolute atomic E-state index is 0.101. The van der Waals surface area contributed by atoms with Gasteiger partial charge >= 0.3 is 12.1 Å². The number of benzene rings is 2. The number of furan rings is 1. The number of carbonyl (C=O) groups is 2. The van der Waals surface area contributed by atoms with Crippen LogP contribution in [0.2, 0.25) is 0 Å². The van der Waals surface area contributed by atoms with Crippen LogP contribution in [-0.2, 0) is 19.6 Å². The number of fused-ring (bicyclic) bond motifs is 3. The molecule has 1 aromatic heterocycles. The maximum Gasteiger partial charge on any atom is 0.414 e. The smallest absolute Gasteiger partial charge is 0.414 e. The van der Waals surface area contributed by atoms with Gasteiger partial charge in [0.1, 0.15) is 23.3 Å². The molecular formula is C21H22N2O7S. The molecule has 1 atom stereocenters. The first-order chi connectivity index (χ1) is 14.5. The Morgan fingerprint density at radius 3 is 2.39 bits per heavy atom. The molecule has 0 spiro atoms. The fraction of sp³-hybridized carbons (Fsp3) is 0.333. The number of carboxylic acid groups (broad SMARTS) is 1. The van der Waals surface area contributed by atoms with Crippen LogP contribution < -0.4 is 9.62 Å². The summed E-state index contributed by atoms with van der Waals surface area (Å²) in [7, 11) is -4.13. The van der Waals surface area contributed by atoms with Crippen molar-refractivity contribution in [2.24, 2.45) is 5.92 Å². The van der Waals surface area contributed by atoms with Gasteiger partial charge in [0, 0.05) is 22.9 Å². The average molecular weight is 446 g/mol. The highest BCUT2D eigenvalue weighted by molar-refractivity contribution is 7.89. The topological polar surface area (TPSA) is 126 Å². The van der Waals surface area contributed by atoms with Gasteiger partial charge in [0.2, 0.25) is 10.0 Å². The van der Waals surface area contributed by atoms with E-state index in [0.717, 1.165) is 5.39 Å². The first kappa shape index (κ1) is 21.1. The molecule has 0 unspecified atom stereocenters. The predicted molar refractivity (Wildman–Crippen MR) is 114 cm³/mol. The highest BCUT2D eigenvalue weighted by atomic mass is 32.2. The van der Waals surface area contributed by atoms with Crippen LogP contribution in [0.3, 0.4) is 0 Å². The molecule has 31 heavy (non-hydrogen) atoms. The summed E-state index contributed by atoms with van der Waals surface area (Å²) in [5.41, 5.74) is -0.216. The lowest BCUT2D eigenvalue weighted by Crippen LogP contribution is -2.55. The number of carboxylic acids is 1. The van der Waals surface area contributed by atoms with Gasteiger partial charge in [-0.15, -0.1) is 0 Å². The third-order valence-corrected chi connectivity index (χ3v) is 7.32. The van der Waals surface area contributed by atoms with Crippen molar-refractivity contribution in [3.05, 3.63) is 36.4 Å². The zero-order valence-electron chi connectivity index (χ0n) is 17.2. The lowest BCUT2D eigenvalue weighted by atomic mass is 9.90. The number of anilines is 1. The van der Waals surface area contributed by atoms with Crippen molar-refractivity contribution in [2.75, 3.05) is 18.1 Å². The van der Waals surface area contributed by atoms with Gasteiger partial charge in [-0.25, -0.2) is 13.2 Å². The SMILES string of the molecule is CC(C)[C@](C)(NS(=O)(=O)c1ccc2c(c1)oc1cc(N3CCOC3=O)ccc12)C(=O)O. The molecule has 0 radical (unpaired) electrons. The number of rotatable bonds is 6. The number of nitrogens with zero attached hydrogens (tertiary/aromatic N) is 1. The zero-order valence-corrected chi connectivity index (χ0v) is 18.0. The summed E-state index contributed by atoms with van der Waals surface area (Å²) in [6, 6.07) is 9.67. The van der Waals surface area contributed by atoms with Crippen molar-refractivity contribution in [2.45, 2.75) is 31.2 Å². The highest BCUT2D eigenvalue weighted by Crippen LogP contribution is 2.34. The monoisotopic (exact) mass is 446 g/mol. The first-order valence-electron chi connectivity index (χ1n) is 9.71. The number of aliphatic carboxylic acids is 1. The third-order valence-electron chi connectivity index (χ3n) is 5.76. The Hall–Kier alpha value is -3.11. The van der Waals surface area contributed by atoms with Gasteiger partial charge in [-0.05, 0) is 37.1 Å². The Morgan fingerprint density at radius 1 is 1.16 bits per heavy atom.